The van der Waals surface area contributed by atoms with Crippen LogP contribution >= 0.6 is 12.2 Å². The zero-order chi connectivity index (χ0) is 30.2. The molecule has 226 valence electrons. The number of anilines is 1. The van der Waals surface area contributed by atoms with Crippen LogP contribution in [-0.2, 0) is 0 Å². The number of halogens is 2. The van der Waals surface area contributed by atoms with E-state index in [1.54, 1.807) is 25.1 Å². The molecule has 3 aliphatic heterocycles. The first-order valence-corrected chi connectivity index (χ1v) is 15.2. The van der Waals surface area contributed by atoms with Gasteiger partial charge in [0.15, 0.2) is 5.82 Å². The SMILES string of the molecule is C/C=c1/cccc(F)/c1=C(/NC=S)c1ncc2c(N3CC4CCC(C3)N4)nc(OC)nc2c1F.CC.CN1CCCC1. The van der Waals surface area contributed by atoms with E-state index in [2.05, 4.69) is 42.4 Å². The summed E-state index contributed by atoms with van der Waals surface area (Å²) in [6, 6.07) is 5.44. The summed E-state index contributed by atoms with van der Waals surface area (Å²) >= 11 is 4.97. The Kier molecular flexibility index (Phi) is 11.1. The number of fused-ring (bicyclic) bond motifs is 3. The summed E-state index contributed by atoms with van der Waals surface area (Å²) in [7, 11) is 3.62. The van der Waals surface area contributed by atoms with Gasteiger partial charge < -0.3 is 25.2 Å². The van der Waals surface area contributed by atoms with Gasteiger partial charge in [-0.05, 0) is 64.0 Å². The van der Waals surface area contributed by atoms with E-state index >= 15 is 4.39 Å². The average Bonchev–Trinajstić information content (AvgIpc) is 3.64. The molecule has 2 aromatic heterocycles. The van der Waals surface area contributed by atoms with Gasteiger partial charge in [-0.1, -0.05) is 44.3 Å². The van der Waals surface area contributed by atoms with E-state index < -0.39 is 11.6 Å². The van der Waals surface area contributed by atoms with E-state index in [0.29, 0.717) is 28.5 Å². The molecular weight excluding hydrogens is 556 g/mol. The number of rotatable bonds is 5. The van der Waals surface area contributed by atoms with Crippen LogP contribution in [0.1, 0.15) is 52.1 Å². The molecule has 1 aromatic carbocycles. The van der Waals surface area contributed by atoms with Crippen LogP contribution in [0.5, 0.6) is 6.01 Å². The summed E-state index contributed by atoms with van der Waals surface area (Å²) in [4.78, 5) is 17.7. The van der Waals surface area contributed by atoms with E-state index in [4.69, 9.17) is 17.0 Å². The summed E-state index contributed by atoms with van der Waals surface area (Å²) in [6.45, 7) is 9.93. The number of likely N-dealkylation sites (tertiary alicyclic amines) is 1. The van der Waals surface area contributed by atoms with E-state index in [9.17, 15) is 4.39 Å². The highest BCUT2D eigenvalue weighted by Crippen LogP contribution is 2.32. The molecule has 3 aliphatic rings. The van der Waals surface area contributed by atoms with Crippen LogP contribution < -0.4 is 30.7 Å². The minimum Gasteiger partial charge on any atom is -0.467 e. The lowest BCUT2D eigenvalue weighted by atomic mass is 10.1. The van der Waals surface area contributed by atoms with E-state index in [-0.39, 0.29) is 28.1 Å². The van der Waals surface area contributed by atoms with Gasteiger partial charge in [-0.2, -0.15) is 9.97 Å². The third kappa shape index (κ3) is 6.85. The van der Waals surface area contributed by atoms with Gasteiger partial charge in [-0.3, -0.25) is 4.98 Å². The van der Waals surface area contributed by atoms with Crippen molar-refractivity contribution in [2.75, 3.05) is 45.2 Å². The van der Waals surface area contributed by atoms with Crippen molar-refractivity contribution in [1.82, 2.24) is 30.5 Å². The maximum absolute atomic E-state index is 16.0. The van der Waals surface area contributed by atoms with Crippen LogP contribution in [-0.4, -0.2) is 77.8 Å². The van der Waals surface area contributed by atoms with E-state index in [0.717, 1.165) is 25.9 Å². The fourth-order valence-corrected chi connectivity index (χ4v) is 5.85. The Labute approximate surface area is 251 Å². The van der Waals surface area contributed by atoms with Crippen molar-refractivity contribution < 1.29 is 13.5 Å². The van der Waals surface area contributed by atoms with Gasteiger partial charge in [0.1, 0.15) is 22.8 Å². The lowest BCUT2D eigenvalue weighted by Crippen LogP contribution is -2.51. The van der Waals surface area contributed by atoms with Crippen LogP contribution in [0, 0.1) is 11.6 Å². The summed E-state index contributed by atoms with van der Waals surface area (Å²) in [6.07, 6.45) is 8.29. The number of methoxy groups -OCH3 is 1. The predicted molar refractivity (Wildman–Crippen MR) is 169 cm³/mol. The van der Waals surface area contributed by atoms with Crippen molar-refractivity contribution in [2.45, 2.75) is 58.5 Å². The lowest BCUT2D eigenvalue weighted by molar-refractivity contribution is 0.380. The van der Waals surface area contributed by atoms with Crippen LogP contribution in [0.3, 0.4) is 0 Å². The largest absolute Gasteiger partial charge is 0.467 e. The molecule has 6 rings (SSSR count). The maximum Gasteiger partial charge on any atom is 0.318 e. The molecule has 2 bridgehead atoms. The quantitative estimate of drug-likeness (QED) is 0.430. The van der Waals surface area contributed by atoms with Gasteiger partial charge >= 0.3 is 6.01 Å². The van der Waals surface area contributed by atoms with Crippen molar-refractivity contribution >= 4 is 46.2 Å². The van der Waals surface area contributed by atoms with Gasteiger partial charge in [-0.25, -0.2) is 8.78 Å². The molecule has 42 heavy (non-hydrogen) atoms. The molecule has 5 heterocycles. The number of ether oxygens (including phenoxy) is 1. The first kappa shape index (κ1) is 31.7. The fraction of sp³-hybridized carbons (Fsp3) is 0.484. The van der Waals surface area contributed by atoms with Crippen molar-refractivity contribution in [3.8, 4) is 6.01 Å². The highest BCUT2D eigenvalue weighted by atomic mass is 32.1. The number of aromatic nitrogens is 3. The number of hydrogen-bond donors (Lipinski definition) is 2. The second-order valence-electron chi connectivity index (χ2n) is 10.4. The Morgan fingerprint density at radius 1 is 1.12 bits per heavy atom. The Morgan fingerprint density at radius 2 is 1.81 bits per heavy atom. The van der Waals surface area contributed by atoms with Crippen molar-refractivity contribution in [2.24, 2.45) is 0 Å². The zero-order valence-corrected chi connectivity index (χ0v) is 25.9. The monoisotopic (exact) mass is 597 g/mol. The Hall–Kier alpha value is -3.28. The summed E-state index contributed by atoms with van der Waals surface area (Å²) in [5.74, 6) is -0.647. The van der Waals surface area contributed by atoms with E-state index in [1.165, 1.54) is 50.8 Å². The van der Waals surface area contributed by atoms with Gasteiger partial charge in [0.05, 0.1) is 23.7 Å². The molecule has 0 aliphatic carbocycles. The number of thiocarbonyl (C=S) groups is 1. The van der Waals surface area contributed by atoms with Crippen LogP contribution in [0.4, 0.5) is 14.6 Å². The van der Waals surface area contributed by atoms with Gasteiger partial charge in [-0.15, -0.1) is 0 Å². The molecule has 2 unspecified atom stereocenters. The molecule has 11 heteroatoms. The smallest absolute Gasteiger partial charge is 0.318 e. The second kappa shape index (κ2) is 14.8. The molecular formula is C31H41F2N7OS. The maximum atomic E-state index is 16.0. The van der Waals surface area contributed by atoms with Gasteiger partial charge in [0.25, 0.3) is 0 Å². The zero-order valence-electron chi connectivity index (χ0n) is 25.1. The van der Waals surface area contributed by atoms with Crippen molar-refractivity contribution in [1.29, 1.82) is 0 Å². The standard InChI is InChI=1S/C24H24F2N6OS.C5H11N.C2H6/c1-3-13-5-4-6-17(25)18(13)21(28-12-34)22-19(26)20-16(9-27-22)23(31-24(30-20)33-2)32-10-14-7-8-15(11-32)29-14;1-6-4-2-3-5-6;1-2/h3-6,9,12,14-15,29H,7-8,10-11H2,1-2H3,(H,28,34);2-5H2,1H3;1-2H3/b13-3-,21-18+;;. The van der Waals surface area contributed by atoms with Gasteiger partial charge in [0, 0.05) is 36.6 Å². The molecule has 3 aromatic rings. The number of pyridine rings is 1. The number of nitrogens with zero attached hydrogens (tertiary/aromatic N) is 5. The number of hydrogen-bond acceptors (Lipinski definition) is 8. The molecule has 0 amide bonds. The third-order valence-corrected chi connectivity index (χ3v) is 7.84. The highest BCUT2D eigenvalue weighted by molar-refractivity contribution is 7.78. The third-order valence-electron chi connectivity index (χ3n) is 7.72. The van der Waals surface area contributed by atoms with Crippen LogP contribution in [0.15, 0.2) is 24.4 Å². The van der Waals surface area contributed by atoms with Crippen LogP contribution in [0.2, 0.25) is 0 Å². The van der Waals surface area contributed by atoms with E-state index in [1.807, 2.05) is 13.8 Å². The fourth-order valence-electron chi connectivity index (χ4n) is 5.74. The molecule has 0 spiro atoms. The number of benzene rings is 1. The molecule has 8 nitrogen and oxygen atoms in total. The number of piperazine rings is 1. The predicted octanol–water partition coefficient (Wildman–Crippen LogP) is 3.49. The Morgan fingerprint density at radius 3 is 2.38 bits per heavy atom. The second-order valence-corrected chi connectivity index (χ2v) is 10.6. The molecule has 3 saturated heterocycles. The molecule has 0 radical (unpaired) electrons. The van der Waals surface area contributed by atoms with Crippen molar-refractivity contribution in [3.05, 3.63) is 52.2 Å². The number of nitrogens with one attached hydrogen (secondary N) is 2. The first-order valence-electron chi connectivity index (χ1n) is 14.7. The Bertz CT molecular complexity index is 1500. The highest BCUT2D eigenvalue weighted by Gasteiger charge is 2.34. The molecule has 2 atom stereocenters. The Balaban J connectivity index is 0.000000445. The minimum atomic E-state index is -0.706. The molecule has 3 fully saturated rings. The summed E-state index contributed by atoms with van der Waals surface area (Å²) in [5.41, 5.74) is 1.29. The summed E-state index contributed by atoms with van der Waals surface area (Å²) < 4.78 is 36.3. The first-order chi connectivity index (χ1) is 20.4. The van der Waals surface area contributed by atoms with Gasteiger partial charge in [0.2, 0.25) is 0 Å². The average molecular weight is 598 g/mol. The topological polar surface area (TPSA) is 78.4 Å². The van der Waals surface area contributed by atoms with Crippen molar-refractivity contribution in [3.63, 3.8) is 0 Å². The molecule has 0 saturated carbocycles. The lowest BCUT2D eigenvalue weighted by Gasteiger charge is -2.34. The van der Waals surface area contributed by atoms with Crippen LogP contribution in [0.25, 0.3) is 22.7 Å². The minimum absolute atomic E-state index is 0.0553. The normalized spacial score (nSPS) is 20.8. The molecule has 2 N–H and O–H groups in total. The summed E-state index contributed by atoms with van der Waals surface area (Å²) in [5, 5.41) is 7.63.